The molecule has 0 bridgehead atoms. The van der Waals surface area contributed by atoms with E-state index in [0.29, 0.717) is 6.61 Å². The average molecular weight is 292 g/mol. The SMILES string of the molecule is C[C@H](NCCOc1ccc2c(c1)OCO2)c1nccs1. The van der Waals surface area contributed by atoms with Crippen LogP contribution in [-0.2, 0) is 0 Å². The van der Waals surface area contributed by atoms with Gasteiger partial charge >= 0.3 is 0 Å². The van der Waals surface area contributed by atoms with E-state index in [2.05, 4.69) is 17.2 Å². The lowest BCUT2D eigenvalue weighted by Crippen LogP contribution is -2.24. The molecule has 1 aliphatic heterocycles. The van der Waals surface area contributed by atoms with Crippen LogP contribution in [0.15, 0.2) is 29.8 Å². The van der Waals surface area contributed by atoms with Crippen molar-refractivity contribution in [1.82, 2.24) is 10.3 Å². The normalized spacial score (nSPS) is 14.2. The summed E-state index contributed by atoms with van der Waals surface area (Å²) in [6.07, 6.45) is 1.82. The van der Waals surface area contributed by atoms with Crippen molar-refractivity contribution in [2.45, 2.75) is 13.0 Å². The quantitative estimate of drug-likeness (QED) is 0.829. The molecular weight excluding hydrogens is 276 g/mol. The van der Waals surface area contributed by atoms with Gasteiger partial charge in [0.15, 0.2) is 11.5 Å². The molecule has 3 rings (SSSR count). The first-order valence-corrected chi connectivity index (χ1v) is 7.36. The molecule has 20 heavy (non-hydrogen) atoms. The number of nitrogens with zero attached hydrogens (tertiary/aromatic N) is 1. The van der Waals surface area contributed by atoms with Crippen molar-refractivity contribution in [3.63, 3.8) is 0 Å². The predicted molar refractivity (Wildman–Crippen MR) is 76.6 cm³/mol. The number of nitrogens with one attached hydrogen (secondary N) is 1. The van der Waals surface area contributed by atoms with Crippen molar-refractivity contribution >= 4 is 11.3 Å². The lowest BCUT2D eigenvalue weighted by molar-refractivity contribution is 0.173. The number of rotatable bonds is 6. The van der Waals surface area contributed by atoms with Crippen LogP contribution in [0.5, 0.6) is 17.2 Å². The number of hydrogen-bond donors (Lipinski definition) is 1. The Morgan fingerprint density at radius 1 is 1.40 bits per heavy atom. The molecular formula is C14H16N2O3S. The van der Waals surface area contributed by atoms with Gasteiger partial charge in [0.2, 0.25) is 6.79 Å². The van der Waals surface area contributed by atoms with Crippen LogP contribution < -0.4 is 19.5 Å². The standard InChI is InChI=1S/C14H16N2O3S/c1-10(14-16-5-7-20-14)15-4-6-17-11-2-3-12-13(8-11)19-9-18-12/h2-3,5,7-8,10,15H,4,6,9H2,1H3/t10-/m0/s1. The van der Waals surface area contributed by atoms with Crippen LogP contribution in [-0.4, -0.2) is 24.9 Å². The summed E-state index contributed by atoms with van der Waals surface area (Å²) in [4.78, 5) is 4.28. The van der Waals surface area contributed by atoms with Crippen LogP contribution in [0, 0.1) is 0 Å². The molecule has 0 unspecified atom stereocenters. The van der Waals surface area contributed by atoms with Crippen molar-refractivity contribution in [3.8, 4) is 17.2 Å². The zero-order chi connectivity index (χ0) is 13.8. The number of aromatic nitrogens is 1. The minimum Gasteiger partial charge on any atom is -0.492 e. The monoisotopic (exact) mass is 292 g/mol. The fourth-order valence-electron chi connectivity index (χ4n) is 1.95. The molecule has 106 valence electrons. The molecule has 1 aromatic heterocycles. The number of thiazole rings is 1. The van der Waals surface area contributed by atoms with E-state index < -0.39 is 0 Å². The van der Waals surface area contributed by atoms with Gasteiger partial charge in [-0.3, -0.25) is 0 Å². The topological polar surface area (TPSA) is 52.6 Å². The van der Waals surface area contributed by atoms with E-state index in [1.807, 2.05) is 29.8 Å². The van der Waals surface area contributed by atoms with Crippen LogP contribution in [0.1, 0.15) is 18.0 Å². The molecule has 0 fully saturated rings. The maximum Gasteiger partial charge on any atom is 0.231 e. The molecule has 0 amide bonds. The molecule has 6 heteroatoms. The van der Waals surface area contributed by atoms with E-state index in [-0.39, 0.29) is 12.8 Å². The summed E-state index contributed by atoms with van der Waals surface area (Å²) < 4.78 is 16.2. The van der Waals surface area contributed by atoms with Crippen LogP contribution in [0.25, 0.3) is 0 Å². The number of benzene rings is 1. The molecule has 1 atom stereocenters. The molecule has 0 saturated carbocycles. The highest BCUT2D eigenvalue weighted by atomic mass is 32.1. The van der Waals surface area contributed by atoms with Gasteiger partial charge in [0.05, 0.1) is 6.04 Å². The van der Waals surface area contributed by atoms with Gasteiger partial charge in [0.25, 0.3) is 0 Å². The molecule has 2 aromatic rings. The molecule has 1 N–H and O–H groups in total. The van der Waals surface area contributed by atoms with E-state index >= 15 is 0 Å². The van der Waals surface area contributed by atoms with E-state index in [9.17, 15) is 0 Å². The minimum absolute atomic E-state index is 0.246. The molecule has 0 spiro atoms. The maximum atomic E-state index is 5.68. The Kier molecular flexibility index (Phi) is 4.03. The smallest absolute Gasteiger partial charge is 0.231 e. The summed E-state index contributed by atoms with van der Waals surface area (Å²) in [6.45, 7) is 3.73. The fraction of sp³-hybridized carbons (Fsp3) is 0.357. The Morgan fingerprint density at radius 3 is 3.15 bits per heavy atom. The van der Waals surface area contributed by atoms with E-state index in [4.69, 9.17) is 14.2 Å². The van der Waals surface area contributed by atoms with Gasteiger partial charge in [-0.25, -0.2) is 4.98 Å². The third-order valence-electron chi connectivity index (χ3n) is 2.99. The zero-order valence-electron chi connectivity index (χ0n) is 11.2. The summed E-state index contributed by atoms with van der Waals surface area (Å²) in [5.74, 6) is 2.30. The second kappa shape index (κ2) is 6.11. The number of fused-ring (bicyclic) bond motifs is 1. The highest BCUT2D eigenvalue weighted by molar-refractivity contribution is 7.09. The molecule has 0 aliphatic carbocycles. The Hall–Kier alpha value is -1.79. The van der Waals surface area contributed by atoms with Crippen molar-refractivity contribution in [3.05, 3.63) is 34.8 Å². The highest BCUT2D eigenvalue weighted by Crippen LogP contribution is 2.34. The van der Waals surface area contributed by atoms with Crippen LogP contribution in [0.3, 0.4) is 0 Å². The van der Waals surface area contributed by atoms with Gasteiger partial charge < -0.3 is 19.5 Å². The maximum absolute atomic E-state index is 5.68. The van der Waals surface area contributed by atoms with Crippen molar-refractivity contribution in [1.29, 1.82) is 0 Å². The Balaban J connectivity index is 1.44. The van der Waals surface area contributed by atoms with Gasteiger partial charge in [-0.05, 0) is 19.1 Å². The van der Waals surface area contributed by atoms with Crippen LogP contribution in [0.4, 0.5) is 0 Å². The molecule has 2 heterocycles. The summed E-state index contributed by atoms with van der Waals surface area (Å²) in [5, 5.41) is 6.45. The summed E-state index contributed by atoms with van der Waals surface area (Å²) in [6, 6.07) is 5.85. The first kappa shape index (κ1) is 13.2. The third-order valence-corrected chi connectivity index (χ3v) is 3.95. The Labute approximate surface area is 121 Å². The lowest BCUT2D eigenvalue weighted by atomic mass is 10.3. The molecule has 0 saturated heterocycles. The highest BCUT2D eigenvalue weighted by Gasteiger charge is 2.13. The van der Waals surface area contributed by atoms with Gasteiger partial charge in [-0.1, -0.05) is 0 Å². The molecule has 5 nitrogen and oxygen atoms in total. The second-order valence-corrected chi connectivity index (χ2v) is 5.34. The number of hydrogen-bond acceptors (Lipinski definition) is 6. The Morgan fingerprint density at radius 2 is 2.30 bits per heavy atom. The minimum atomic E-state index is 0.246. The van der Waals surface area contributed by atoms with Crippen molar-refractivity contribution in [2.24, 2.45) is 0 Å². The van der Waals surface area contributed by atoms with Gasteiger partial charge in [0.1, 0.15) is 17.4 Å². The van der Waals surface area contributed by atoms with Crippen LogP contribution >= 0.6 is 11.3 Å². The van der Waals surface area contributed by atoms with Gasteiger partial charge in [-0.15, -0.1) is 11.3 Å². The van der Waals surface area contributed by atoms with Crippen molar-refractivity contribution in [2.75, 3.05) is 19.9 Å². The van der Waals surface area contributed by atoms with Gasteiger partial charge in [-0.2, -0.15) is 0 Å². The predicted octanol–water partition coefficient (Wildman–Crippen LogP) is 2.60. The molecule has 1 aromatic carbocycles. The first-order valence-electron chi connectivity index (χ1n) is 6.48. The lowest BCUT2D eigenvalue weighted by Gasteiger charge is -2.12. The van der Waals surface area contributed by atoms with E-state index in [1.165, 1.54) is 0 Å². The van der Waals surface area contributed by atoms with Crippen LogP contribution in [0.2, 0.25) is 0 Å². The van der Waals surface area contributed by atoms with Gasteiger partial charge in [0, 0.05) is 24.2 Å². The molecule has 0 radical (unpaired) electrons. The summed E-state index contributed by atoms with van der Waals surface area (Å²) in [7, 11) is 0. The summed E-state index contributed by atoms with van der Waals surface area (Å²) in [5.41, 5.74) is 0. The first-order chi connectivity index (χ1) is 9.83. The second-order valence-electron chi connectivity index (χ2n) is 4.41. The average Bonchev–Trinajstić information content (AvgIpc) is 3.13. The molecule has 1 aliphatic rings. The zero-order valence-corrected chi connectivity index (χ0v) is 12.0. The summed E-state index contributed by atoms with van der Waals surface area (Å²) >= 11 is 1.65. The van der Waals surface area contributed by atoms with Crippen molar-refractivity contribution < 1.29 is 14.2 Å². The fourth-order valence-corrected chi connectivity index (χ4v) is 2.62. The Bertz CT molecular complexity index is 560. The van der Waals surface area contributed by atoms with E-state index in [0.717, 1.165) is 28.8 Å². The number of ether oxygens (including phenoxy) is 3. The third kappa shape index (κ3) is 3.02. The van der Waals surface area contributed by atoms with E-state index in [1.54, 1.807) is 11.3 Å². The largest absolute Gasteiger partial charge is 0.492 e.